The molecule has 1 atom stereocenters. The number of fused-ring (bicyclic) bond motifs is 4. The summed E-state index contributed by atoms with van der Waals surface area (Å²) in [6.45, 7) is 4.63. The Morgan fingerprint density at radius 3 is 2.33 bits per heavy atom. The van der Waals surface area contributed by atoms with Gasteiger partial charge in [0.2, 0.25) is 0 Å². The fourth-order valence-corrected chi connectivity index (χ4v) is 4.48. The van der Waals surface area contributed by atoms with Gasteiger partial charge in [0.25, 0.3) is 0 Å². The zero-order chi connectivity index (χ0) is 18.4. The van der Waals surface area contributed by atoms with Crippen molar-refractivity contribution >= 4 is 27.6 Å². The van der Waals surface area contributed by atoms with Crippen LogP contribution in [0.1, 0.15) is 31.4 Å². The zero-order valence-electron chi connectivity index (χ0n) is 16.0. The molecule has 0 bridgehead atoms. The monoisotopic (exact) mass is 348 g/mol. The molecule has 0 heterocycles. The summed E-state index contributed by atoms with van der Waals surface area (Å²) in [5.74, 6) is 0.651. The average molecular weight is 348 g/mol. The minimum atomic E-state index is 0.651. The third-order valence-electron chi connectivity index (χ3n) is 6.22. The van der Waals surface area contributed by atoms with Crippen molar-refractivity contribution in [2.75, 3.05) is 0 Å². The Labute approximate surface area is 161 Å². The molecule has 1 aliphatic carbocycles. The van der Waals surface area contributed by atoms with Crippen LogP contribution in [-0.2, 0) is 6.42 Å². The van der Waals surface area contributed by atoms with E-state index in [1.54, 1.807) is 5.57 Å². The SMILES string of the molecule is CCC(C)C1=Cc2c(cccc2-c2cc3ccccc3c3ccccc23)C1. The van der Waals surface area contributed by atoms with E-state index in [2.05, 4.69) is 92.7 Å². The molecular formula is C27H24. The normalized spacial score (nSPS) is 14.4. The van der Waals surface area contributed by atoms with Crippen molar-refractivity contribution in [3.8, 4) is 11.1 Å². The Morgan fingerprint density at radius 2 is 1.52 bits per heavy atom. The van der Waals surface area contributed by atoms with Gasteiger partial charge in [-0.15, -0.1) is 0 Å². The Kier molecular flexibility index (Phi) is 3.86. The molecule has 0 fully saturated rings. The summed E-state index contributed by atoms with van der Waals surface area (Å²) in [6.07, 6.45) is 4.76. The van der Waals surface area contributed by atoms with Gasteiger partial charge in [-0.25, -0.2) is 0 Å². The maximum absolute atomic E-state index is 2.46. The molecule has 0 saturated heterocycles. The maximum atomic E-state index is 2.46. The van der Waals surface area contributed by atoms with E-state index < -0.39 is 0 Å². The molecule has 4 aromatic carbocycles. The Balaban J connectivity index is 1.81. The highest BCUT2D eigenvalue weighted by molar-refractivity contribution is 6.14. The van der Waals surface area contributed by atoms with Crippen LogP contribution >= 0.6 is 0 Å². The van der Waals surface area contributed by atoms with Gasteiger partial charge in [-0.05, 0) is 68.6 Å². The van der Waals surface area contributed by atoms with Gasteiger partial charge >= 0.3 is 0 Å². The van der Waals surface area contributed by atoms with E-state index >= 15 is 0 Å². The van der Waals surface area contributed by atoms with Gasteiger partial charge in [0, 0.05) is 0 Å². The number of allylic oxidation sites excluding steroid dienone is 1. The molecule has 0 saturated carbocycles. The lowest BCUT2D eigenvalue weighted by atomic mass is 9.90. The molecule has 0 aromatic heterocycles. The third-order valence-corrected chi connectivity index (χ3v) is 6.22. The molecular weight excluding hydrogens is 324 g/mol. The highest BCUT2D eigenvalue weighted by atomic mass is 14.2. The highest BCUT2D eigenvalue weighted by Gasteiger charge is 2.20. The van der Waals surface area contributed by atoms with Crippen molar-refractivity contribution in [2.45, 2.75) is 26.7 Å². The summed E-state index contributed by atoms with van der Waals surface area (Å²) in [6, 6.07) is 26.8. The van der Waals surface area contributed by atoms with Crippen molar-refractivity contribution in [1.29, 1.82) is 0 Å². The van der Waals surface area contributed by atoms with Gasteiger partial charge in [0.05, 0.1) is 0 Å². The molecule has 0 radical (unpaired) electrons. The van der Waals surface area contributed by atoms with E-state index in [1.807, 2.05) is 0 Å². The number of benzene rings is 4. The van der Waals surface area contributed by atoms with Crippen molar-refractivity contribution in [2.24, 2.45) is 5.92 Å². The predicted octanol–water partition coefficient (Wildman–Crippen LogP) is 7.65. The molecule has 0 spiro atoms. The van der Waals surface area contributed by atoms with Gasteiger partial charge in [0.1, 0.15) is 0 Å². The fourth-order valence-electron chi connectivity index (χ4n) is 4.48. The van der Waals surface area contributed by atoms with Gasteiger partial charge < -0.3 is 0 Å². The van der Waals surface area contributed by atoms with E-state index in [9.17, 15) is 0 Å². The first-order valence-electron chi connectivity index (χ1n) is 9.99. The first-order chi connectivity index (χ1) is 13.3. The lowest BCUT2D eigenvalue weighted by molar-refractivity contribution is 0.647. The largest absolute Gasteiger partial charge is 0.0648 e. The van der Waals surface area contributed by atoms with Gasteiger partial charge in [0.15, 0.2) is 0 Å². The summed E-state index contributed by atoms with van der Waals surface area (Å²) in [5.41, 5.74) is 7.19. The molecule has 5 rings (SSSR count). The standard InChI is InChI=1S/C27H24/c1-3-18(2)21-15-19-10-8-14-25(26(19)17-21)27-16-20-9-4-5-11-22(20)23-12-6-7-13-24(23)27/h4-14,16-18H,3,15H2,1-2H3. The van der Waals surface area contributed by atoms with Crippen LogP contribution < -0.4 is 0 Å². The second-order valence-corrected chi connectivity index (χ2v) is 7.77. The Hall–Kier alpha value is -2.86. The molecule has 0 aliphatic heterocycles. The molecule has 4 aromatic rings. The molecule has 0 amide bonds. The number of rotatable bonds is 3. The second-order valence-electron chi connectivity index (χ2n) is 7.77. The molecule has 1 unspecified atom stereocenters. The van der Waals surface area contributed by atoms with Crippen LogP contribution in [0.5, 0.6) is 0 Å². The van der Waals surface area contributed by atoms with Crippen LogP contribution in [-0.4, -0.2) is 0 Å². The van der Waals surface area contributed by atoms with Gasteiger partial charge in [-0.3, -0.25) is 0 Å². The summed E-state index contributed by atoms with van der Waals surface area (Å²) >= 11 is 0. The second kappa shape index (κ2) is 6.39. The van der Waals surface area contributed by atoms with E-state index in [0.29, 0.717) is 5.92 Å². The first kappa shape index (κ1) is 16.3. The minimum Gasteiger partial charge on any atom is -0.0648 e. The maximum Gasteiger partial charge on any atom is -0.00549 e. The van der Waals surface area contributed by atoms with E-state index in [1.165, 1.54) is 50.2 Å². The first-order valence-corrected chi connectivity index (χ1v) is 9.99. The number of hydrogen-bond acceptors (Lipinski definition) is 0. The van der Waals surface area contributed by atoms with Crippen LogP contribution in [0, 0.1) is 5.92 Å². The highest BCUT2D eigenvalue weighted by Crippen LogP contribution is 2.41. The van der Waals surface area contributed by atoms with Gasteiger partial charge in [-0.1, -0.05) is 92.2 Å². The van der Waals surface area contributed by atoms with Crippen LogP contribution in [0.15, 0.2) is 78.4 Å². The molecule has 0 heteroatoms. The molecule has 27 heavy (non-hydrogen) atoms. The van der Waals surface area contributed by atoms with E-state index in [4.69, 9.17) is 0 Å². The molecule has 1 aliphatic rings. The average Bonchev–Trinajstić information content (AvgIpc) is 3.17. The lowest BCUT2D eigenvalue weighted by Crippen LogP contribution is -1.96. The topological polar surface area (TPSA) is 0 Å². The third kappa shape index (κ3) is 2.59. The fraction of sp³-hybridized carbons (Fsp3) is 0.185. The van der Waals surface area contributed by atoms with Crippen molar-refractivity contribution in [3.63, 3.8) is 0 Å². The summed E-state index contributed by atoms with van der Waals surface area (Å²) in [7, 11) is 0. The molecule has 0 N–H and O–H groups in total. The van der Waals surface area contributed by atoms with Crippen LogP contribution in [0.2, 0.25) is 0 Å². The Morgan fingerprint density at radius 1 is 0.778 bits per heavy atom. The Bertz CT molecular complexity index is 1190. The van der Waals surface area contributed by atoms with Crippen LogP contribution in [0.25, 0.3) is 38.7 Å². The van der Waals surface area contributed by atoms with Crippen LogP contribution in [0.3, 0.4) is 0 Å². The summed E-state index contributed by atoms with van der Waals surface area (Å²) in [5, 5.41) is 5.33. The van der Waals surface area contributed by atoms with Crippen molar-refractivity contribution in [3.05, 3.63) is 89.5 Å². The quantitative estimate of drug-likeness (QED) is 0.334. The van der Waals surface area contributed by atoms with Crippen molar-refractivity contribution in [1.82, 2.24) is 0 Å². The van der Waals surface area contributed by atoms with Crippen LogP contribution in [0.4, 0.5) is 0 Å². The zero-order valence-corrected chi connectivity index (χ0v) is 16.0. The smallest absolute Gasteiger partial charge is 0.00549 e. The minimum absolute atomic E-state index is 0.651. The van der Waals surface area contributed by atoms with Crippen molar-refractivity contribution < 1.29 is 0 Å². The predicted molar refractivity (Wildman–Crippen MR) is 118 cm³/mol. The lowest BCUT2D eigenvalue weighted by Gasteiger charge is -2.13. The summed E-state index contributed by atoms with van der Waals surface area (Å²) in [4.78, 5) is 0. The van der Waals surface area contributed by atoms with Gasteiger partial charge in [-0.2, -0.15) is 0 Å². The van der Waals surface area contributed by atoms with E-state index in [0.717, 1.165) is 6.42 Å². The molecule has 132 valence electrons. The molecule has 0 nitrogen and oxygen atoms in total. The summed E-state index contributed by atoms with van der Waals surface area (Å²) < 4.78 is 0. The number of hydrogen-bond donors (Lipinski definition) is 0. The van der Waals surface area contributed by atoms with E-state index in [-0.39, 0.29) is 0 Å².